The van der Waals surface area contributed by atoms with Crippen molar-refractivity contribution < 1.29 is 26.7 Å². The Hall–Kier alpha value is -2.37. The summed E-state index contributed by atoms with van der Waals surface area (Å²) in [4.78, 5) is 10.4. The normalized spacial score (nSPS) is 11.6. The number of rotatable bonds is 3. The van der Waals surface area contributed by atoms with Crippen LogP contribution in [-0.2, 0) is 4.79 Å². The quantitative estimate of drug-likeness (QED) is 0.629. The first kappa shape index (κ1) is 14.7. The van der Waals surface area contributed by atoms with Gasteiger partial charge in [0.1, 0.15) is 24.1 Å². The molecule has 0 aliphatic rings. The van der Waals surface area contributed by atoms with E-state index in [1.807, 2.05) is 0 Å². The largest absolute Gasteiger partial charge is 0.452 e. The van der Waals surface area contributed by atoms with Crippen LogP contribution < -0.4 is 0 Å². The third-order valence-electron chi connectivity index (χ3n) is 1.87. The number of Topliss-reactive ketones (excluding diaryl/α,β-unsaturated/α-hetero) is 1. The molecule has 19 heavy (non-hydrogen) atoms. The fraction of sp³-hybridized carbons (Fsp3) is 0.200. The molecule has 1 rings (SSSR count). The van der Waals surface area contributed by atoms with Crippen molar-refractivity contribution in [3.63, 3.8) is 0 Å². The second-order valence-corrected chi connectivity index (χ2v) is 3.22. The highest BCUT2D eigenvalue weighted by Gasteiger charge is 2.37. The highest BCUT2D eigenvalue weighted by atomic mass is 19.4. The van der Waals surface area contributed by atoms with Crippen LogP contribution in [0.3, 0.4) is 0 Å². The molecule has 0 aromatic heterocycles. The second kappa shape index (κ2) is 5.51. The van der Waals surface area contributed by atoms with Gasteiger partial charge in [0.2, 0.25) is 0 Å². The Labute approximate surface area is 103 Å². The number of carbonyl (C=O) groups excluding carboxylic acids is 1. The summed E-state index contributed by atoms with van der Waals surface area (Å²) >= 11 is 0. The fourth-order valence-corrected chi connectivity index (χ4v) is 0.964. The number of carbonyl (C=O) groups is 1. The Morgan fingerprint density at radius 3 is 2.42 bits per heavy atom. The minimum Gasteiger partial charge on any atom is -0.287 e. The third kappa shape index (κ3) is 3.80. The van der Waals surface area contributed by atoms with E-state index in [2.05, 4.69) is 10.2 Å². The molecule has 0 atom stereocenters. The highest BCUT2D eigenvalue weighted by Crippen LogP contribution is 2.22. The number of nitrogens with zero attached hydrogens (tertiary/aromatic N) is 3. The summed E-state index contributed by atoms with van der Waals surface area (Å²) in [6, 6.07) is 2.39. The SMILES string of the molecule is N#Cc1cc(F)c(N=NCC(=O)C(F)(F)F)cc1F. The maximum Gasteiger partial charge on any atom is 0.452 e. The lowest BCUT2D eigenvalue weighted by atomic mass is 10.2. The first-order valence-electron chi connectivity index (χ1n) is 4.62. The molecule has 0 aliphatic carbocycles. The zero-order chi connectivity index (χ0) is 14.6. The number of benzene rings is 1. The Morgan fingerprint density at radius 1 is 1.26 bits per heavy atom. The van der Waals surface area contributed by atoms with Gasteiger partial charge >= 0.3 is 6.18 Å². The first-order chi connectivity index (χ1) is 8.75. The molecule has 100 valence electrons. The average Bonchev–Trinajstić information content (AvgIpc) is 2.31. The predicted molar refractivity (Wildman–Crippen MR) is 51.5 cm³/mol. The van der Waals surface area contributed by atoms with Crippen molar-refractivity contribution in [1.29, 1.82) is 5.26 Å². The van der Waals surface area contributed by atoms with E-state index < -0.39 is 41.4 Å². The Morgan fingerprint density at radius 2 is 1.89 bits per heavy atom. The van der Waals surface area contributed by atoms with Crippen LogP contribution in [-0.4, -0.2) is 18.5 Å². The molecule has 0 amide bonds. The van der Waals surface area contributed by atoms with Gasteiger partial charge in [0.25, 0.3) is 5.78 Å². The van der Waals surface area contributed by atoms with Gasteiger partial charge in [0.15, 0.2) is 5.82 Å². The minimum atomic E-state index is -5.06. The molecule has 4 nitrogen and oxygen atoms in total. The summed E-state index contributed by atoms with van der Waals surface area (Å²) in [7, 11) is 0. The summed E-state index contributed by atoms with van der Waals surface area (Å²) in [5, 5.41) is 14.2. The molecule has 0 radical (unpaired) electrons. The van der Waals surface area contributed by atoms with E-state index in [-0.39, 0.29) is 0 Å². The van der Waals surface area contributed by atoms with Gasteiger partial charge in [-0.15, -0.1) is 0 Å². The predicted octanol–water partition coefficient (Wildman–Crippen LogP) is 3.05. The molecular formula is C10H4F5N3O. The number of azo groups is 1. The number of ketones is 1. The monoisotopic (exact) mass is 277 g/mol. The van der Waals surface area contributed by atoms with Crippen molar-refractivity contribution >= 4 is 11.5 Å². The van der Waals surface area contributed by atoms with E-state index in [1.54, 1.807) is 0 Å². The molecule has 1 aromatic rings. The fourth-order valence-electron chi connectivity index (χ4n) is 0.964. The molecular weight excluding hydrogens is 273 g/mol. The maximum absolute atomic E-state index is 13.2. The van der Waals surface area contributed by atoms with Crippen molar-refractivity contribution in [2.24, 2.45) is 10.2 Å². The zero-order valence-corrected chi connectivity index (χ0v) is 9.00. The summed E-state index contributed by atoms with van der Waals surface area (Å²) in [5.41, 5.74) is -1.28. The standard InChI is InChI=1S/C10H4F5N3O/c11-6-2-8(7(12)1-5(6)3-16)18-17-4-9(19)10(13,14)15/h1-2H,4H2. The lowest BCUT2D eigenvalue weighted by Crippen LogP contribution is -2.24. The number of nitriles is 1. The van der Waals surface area contributed by atoms with Crippen LogP contribution >= 0.6 is 0 Å². The van der Waals surface area contributed by atoms with Crippen LogP contribution in [0.15, 0.2) is 22.4 Å². The second-order valence-electron chi connectivity index (χ2n) is 3.22. The number of hydrogen-bond donors (Lipinski definition) is 0. The molecule has 0 heterocycles. The van der Waals surface area contributed by atoms with E-state index >= 15 is 0 Å². The molecule has 0 fully saturated rings. The van der Waals surface area contributed by atoms with Gasteiger partial charge in [0.05, 0.1) is 5.56 Å². The lowest BCUT2D eigenvalue weighted by molar-refractivity contribution is -0.169. The van der Waals surface area contributed by atoms with Crippen LogP contribution in [0.2, 0.25) is 0 Å². The van der Waals surface area contributed by atoms with Gasteiger partial charge in [-0.3, -0.25) is 4.79 Å². The lowest BCUT2D eigenvalue weighted by Gasteiger charge is -2.01. The van der Waals surface area contributed by atoms with E-state index in [0.29, 0.717) is 12.1 Å². The number of alkyl halides is 3. The van der Waals surface area contributed by atoms with Crippen molar-refractivity contribution in [3.8, 4) is 6.07 Å². The molecule has 0 saturated carbocycles. The van der Waals surface area contributed by atoms with Crippen molar-refractivity contribution in [2.45, 2.75) is 6.18 Å². The summed E-state index contributed by atoms with van der Waals surface area (Å²) in [5.74, 6) is -4.40. The molecule has 0 bridgehead atoms. The minimum absolute atomic E-state index is 0.495. The molecule has 1 aromatic carbocycles. The smallest absolute Gasteiger partial charge is 0.287 e. The Kier molecular flexibility index (Phi) is 4.26. The van der Waals surface area contributed by atoms with Crippen molar-refractivity contribution in [1.82, 2.24) is 0 Å². The molecule has 9 heteroatoms. The van der Waals surface area contributed by atoms with Crippen LogP contribution in [0, 0.1) is 23.0 Å². The molecule has 0 N–H and O–H groups in total. The van der Waals surface area contributed by atoms with Crippen LogP contribution in [0.4, 0.5) is 27.6 Å². The number of hydrogen-bond acceptors (Lipinski definition) is 4. The Balaban J connectivity index is 2.87. The highest BCUT2D eigenvalue weighted by molar-refractivity contribution is 5.85. The van der Waals surface area contributed by atoms with Gasteiger partial charge in [-0.2, -0.15) is 28.7 Å². The molecule has 0 saturated heterocycles. The van der Waals surface area contributed by atoms with Gasteiger partial charge in [-0.1, -0.05) is 0 Å². The molecule has 0 spiro atoms. The van der Waals surface area contributed by atoms with Crippen molar-refractivity contribution in [3.05, 3.63) is 29.3 Å². The van der Waals surface area contributed by atoms with Crippen LogP contribution in [0.1, 0.15) is 5.56 Å². The van der Waals surface area contributed by atoms with Gasteiger partial charge in [0, 0.05) is 6.07 Å². The summed E-state index contributed by atoms with van der Waals surface area (Å²) in [6.45, 7) is -1.33. The zero-order valence-electron chi connectivity index (χ0n) is 9.00. The summed E-state index contributed by atoms with van der Waals surface area (Å²) < 4.78 is 61.7. The average molecular weight is 277 g/mol. The third-order valence-corrected chi connectivity index (χ3v) is 1.87. The van der Waals surface area contributed by atoms with E-state index in [0.717, 1.165) is 0 Å². The maximum atomic E-state index is 13.2. The Bertz CT molecular complexity index is 574. The first-order valence-corrected chi connectivity index (χ1v) is 4.62. The van der Waals surface area contributed by atoms with E-state index in [9.17, 15) is 26.7 Å². The van der Waals surface area contributed by atoms with Gasteiger partial charge in [-0.05, 0) is 6.07 Å². The molecule has 0 unspecified atom stereocenters. The van der Waals surface area contributed by atoms with E-state index in [4.69, 9.17) is 5.26 Å². The van der Waals surface area contributed by atoms with Crippen LogP contribution in [0.25, 0.3) is 0 Å². The van der Waals surface area contributed by atoms with Gasteiger partial charge < -0.3 is 0 Å². The van der Waals surface area contributed by atoms with E-state index in [1.165, 1.54) is 6.07 Å². The number of halogens is 5. The van der Waals surface area contributed by atoms with Crippen molar-refractivity contribution in [2.75, 3.05) is 6.54 Å². The topological polar surface area (TPSA) is 65.6 Å². The van der Waals surface area contributed by atoms with Gasteiger partial charge in [-0.25, -0.2) is 8.78 Å². The summed E-state index contributed by atoms with van der Waals surface area (Å²) in [6.07, 6.45) is -5.06. The molecule has 0 aliphatic heterocycles. The van der Waals surface area contributed by atoms with Crippen LogP contribution in [0.5, 0.6) is 0 Å².